The van der Waals surface area contributed by atoms with E-state index in [9.17, 15) is 13.2 Å². The summed E-state index contributed by atoms with van der Waals surface area (Å²) in [6.45, 7) is 6.87. The van der Waals surface area contributed by atoms with Crippen molar-refractivity contribution in [2.75, 3.05) is 6.61 Å². The number of alkyl halides is 3. The lowest BCUT2D eigenvalue weighted by atomic mass is 9.84. The van der Waals surface area contributed by atoms with E-state index < -0.39 is 11.7 Å². The van der Waals surface area contributed by atoms with Crippen LogP contribution in [0.25, 0.3) is 0 Å². The highest BCUT2D eigenvalue weighted by atomic mass is 19.4. The van der Waals surface area contributed by atoms with E-state index in [4.69, 9.17) is 14.3 Å². The van der Waals surface area contributed by atoms with Crippen molar-refractivity contribution in [3.05, 3.63) is 47.7 Å². The molecule has 2 fully saturated rings. The van der Waals surface area contributed by atoms with Crippen LogP contribution in [-0.2, 0) is 6.18 Å². The van der Waals surface area contributed by atoms with E-state index in [0.717, 1.165) is 61.4 Å². The highest BCUT2D eigenvalue weighted by Crippen LogP contribution is 2.38. The number of aryl methyl sites for hydroxylation is 1. The average molecular weight is 465 g/mol. The molecule has 0 N–H and O–H groups in total. The van der Waals surface area contributed by atoms with Gasteiger partial charge in [0.2, 0.25) is 5.88 Å². The monoisotopic (exact) mass is 464 g/mol. The quantitative estimate of drug-likeness (QED) is 0.488. The van der Waals surface area contributed by atoms with Crippen molar-refractivity contribution in [3.8, 4) is 17.4 Å². The van der Waals surface area contributed by atoms with Crippen LogP contribution >= 0.6 is 0 Å². The molecule has 2 bridgehead atoms. The predicted molar refractivity (Wildman–Crippen MR) is 118 cm³/mol. The van der Waals surface area contributed by atoms with E-state index in [1.807, 2.05) is 30.2 Å². The fourth-order valence-corrected chi connectivity index (χ4v) is 4.51. The van der Waals surface area contributed by atoms with E-state index in [1.165, 1.54) is 6.07 Å². The Morgan fingerprint density at radius 2 is 1.79 bits per heavy atom. The maximum atomic E-state index is 12.8. The Morgan fingerprint density at radius 3 is 2.39 bits per heavy atom. The number of pyridine rings is 1. The van der Waals surface area contributed by atoms with E-state index in [1.54, 1.807) is 0 Å². The fourth-order valence-electron chi connectivity index (χ4n) is 4.51. The molecule has 3 atom stereocenters. The lowest BCUT2D eigenvalue weighted by molar-refractivity contribution is -0.185. The van der Waals surface area contributed by atoms with Crippen LogP contribution in [0.3, 0.4) is 0 Å². The third-order valence-electron chi connectivity index (χ3n) is 6.09. The first-order valence-corrected chi connectivity index (χ1v) is 11.6. The number of hydrogen-bond donors (Lipinski definition) is 0. The third-order valence-corrected chi connectivity index (χ3v) is 6.09. The van der Waals surface area contributed by atoms with Crippen molar-refractivity contribution in [1.29, 1.82) is 0 Å². The Hall–Kier alpha value is -2.48. The molecule has 5 nitrogen and oxygen atoms in total. The standard InChI is InChI=1S/C25H31F3N2O3/c1-16(2)15-31-23-11-17(3)7-9-22(23)32-21-12-19-5-4-6-20(13-21)30(19)33-24-10-8-18(14-29-24)25(26,27)28/h7-11,14,16,19-21H,4-6,12-13,15H2,1-3H3/t19-,20+,21?. The highest BCUT2D eigenvalue weighted by molar-refractivity contribution is 5.42. The molecule has 1 aromatic carbocycles. The van der Waals surface area contributed by atoms with Gasteiger partial charge < -0.3 is 14.3 Å². The van der Waals surface area contributed by atoms with Gasteiger partial charge in [0.1, 0.15) is 6.10 Å². The molecular weight excluding hydrogens is 433 g/mol. The van der Waals surface area contributed by atoms with Gasteiger partial charge >= 0.3 is 6.18 Å². The van der Waals surface area contributed by atoms with Crippen molar-refractivity contribution < 1.29 is 27.5 Å². The predicted octanol–water partition coefficient (Wildman–Crippen LogP) is 6.20. The molecule has 1 unspecified atom stereocenters. The normalized spacial score (nSPS) is 23.4. The molecule has 0 saturated carbocycles. The van der Waals surface area contributed by atoms with Crippen molar-refractivity contribution in [2.24, 2.45) is 5.92 Å². The number of fused-ring (bicyclic) bond motifs is 2. The van der Waals surface area contributed by atoms with Crippen molar-refractivity contribution >= 4 is 0 Å². The van der Waals surface area contributed by atoms with E-state index in [2.05, 4.69) is 18.8 Å². The van der Waals surface area contributed by atoms with Crippen LogP contribution in [0.4, 0.5) is 13.2 Å². The number of piperidine rings is 2. The van der Waals surface area contributed by atoms with Gasteiger partial charge in [0.15, 0.2) is 11.5 Å². The van der Waals surface area contributed by atoms with E-state index in [-0.39, 0.29) is 24.1 Å². The lowest BCUT2D eigenvalue weighted by Gasteiger charge is -2.46. The van der Waals surface area contributed by atoms with Gasteiger partial charge in [0.05, 0.1) is 12.2 Å². The molecule has 180 valence electrons. The summed E-state index contributed by atoms with van der Waals surface area (Å²) < 4.78 is 50.9. The van der Waals surface area contributed by atoms with Gasteiger partial charge in [-0.25, -0.2) is 4.98 Å². The number of hydrogen-bond acceptors (Lipinski definition) is 5. The molecular formula is C25H31F3N2O3. The summed E-state index contributed by atoms with van der Waals surface area (Å²) in [6.07, 6.45) is 0.953. The summed E-state index contributed by atoms with van der Waals surface area (Å²) in [5.74, 6) is 2.11. The molecule has 8 heteroatoms. The van der Waals surface area contributed by atoms with Gasteiger partial charge in [-0.05, 0) is 49.4 Å². The Bertz CT molecular complexity index is 919. The fraction of sp³-hybridized carbons (Fsp3) is 0.560. The maximum Gasteiger partial charge on any atom is 0.417 e. The van der Waals surface area contributed by atoms with Gasteiger partial charge in [-0.1, -0.05) is 26.3 Å². The van der Waals surface area contributed by atoms with Crippen LogP contribution in [0.15, 0.2) is 36.5 Å². The van der Waals surface area contributed by atoms with Gasteiger partial charge in [-0.2, -0.15) is 13.2 Å². The largest absolute Gasteiger partial charge is 0.489 e. The molecule has 0 aliphatic carbocycles. The van der Waals surface area contributed by atoms with Crippen LogP contribution < -0.4 is 14.3 Å². The Labute approximate surface area is 192 Å². The Balaban J connectivity index is 1.43. The SMILES string of the molecule is Cc1ccc(OC2C[C@H]3CCC[C@@H](C2)N3Oc2ccc(C(F)(F)F)cn2)c(OCC(C)C)c1. The summed E-state index contributed by atoms with van der Waals surface area (Å²) in [7, 11) is 0. The van der Waals surface area contributed by atoms with Crippen LogP contribution in [0, 0.1) is 12.8 Å². The Morgan fingerprint density at radius 1 is 1.06 bits per heavy atom. The first-order chi connectivity index (χ1) is 15.7. The summed E-state index contributed by atoms with van der Waals surface area (Å²) in [5.41, 5.74) is 0.334. The minimum Gasteiger partial charge on any atom is -0.489 e. The zero-order chi connectivity index (χ0) is 23.6. The maximum absolute atomic E-state index is 12.8. The molecule has 3 heterocycles. The molecule has 4 rings (SSSR count). The summed E-state index contributed by atoms with van der Waals surface area (Å²) in [5, 5.41) is 1.92. The average Bonchev–Trinajstić information content (AvgIpc) is 2.74. The molecule has 2 saturated heterocycles. The Kier molecular flexibility index (Phi) is 7.02. The summed E-state index contributed by atoms with van der Waals surface area (Å²) >= 11 is 0. The van der Waals surface area contributed by atoms with Gasteiger partial charge in [0, 0.05) is 37.2 Å². The van der Waals surface area contributed by atoms with E-state index >= 15 is 0 Å². The summed E-state index contributed by atoms with van der Waals surface area (Å²) in [6, 6.07) is 8.53. The smallest absolute Gasteiger partial charge is 0.417 e. The second-order valence-corrected chi connectivity index (χ2v) is 9.44. The lowest BCUT2D eigenvalue weighted by Crippen LogP contribution is -2.55. The molecule has 1 aromatic heterocycles. The zero-order valence-electron chi connectivity index (χ0n) is 19.3. The molecule has 2 aromatic rings. The number of nitrogens with zero attached hydrogens (tertiary/aromatic N) is 2. The molecule has 2 aliphatic heterocycles. The number of hydroxylamine groups is 2. The third kappa shape index (κ3) is 5.91. The van der Waals surface area contributed by atoms with Crippen LogP contribution in [-0.4, -0.2) is 34.8 Å². The van der Waals surface area contributed by atoms with Crippen molar-refractivity contribution in [3.63, 3.8) is 0 Å². The first kappa shape index (κ1) is 23.7. The topological polar surface area (TPSA) is 43.8 Å². The summed E-state index contributed by atoms with van der Waals surface area (Å²) in [4.78, 5) is 9.84. The van der Waals surface area contributed by atoms with Gasteiger partial charge in [0.25, 0.3) is 0 Å². The van der Waals surface area contributed by atoms with Gasteiger partial charge in [-0.15, -0.1) is 5.06 Å². The zero-order valence-corrected chi connectivity index (χ0v) is 19.3. The number of benzene rings is 1. The second kappa shape index (κ2) is 9.79. The van der Waals surface area contributed by atoms with Crippen LogP contribution in [0.2, 0.25) is 0 Å². The minimum absolute atomic E-state index is 0.0184. The number of ether oxygens (including phenoxy) is 2. The molecule has 2 aliphatic rings. The number of aromatic nitrogens is 1. The van der Waals surface area contributed by atoms with Gasteiger partial charge in [-0.3, -0.25) is 0 Å². The highest BCUT2D eigenvalue weighted by Gasteiger charge is 2.41. The van der Waals surface area contributed by atoms with Crippen LogP contribution in [0.5, 0.6) is 17.4 Å². The molecule has 0 radical (unpaired) electrons. The first-order valence-electron chi connectivity index (χ1n) is 11.6. The molecule has 0 amide bonds. The second-order valence-electron chi connectivity index (χ2n) is 9.44. The minimum atomic E-state index is -4.41. The number of halogens is 3. The van der Waals surface area contributed by atoms with Crippen molar-refractivity contribution in [2.45, 2.75) is 77.2 Å². The van der Waals surface area contributed by atoms with Crippen LogP contribution in [0.1, 0.15) is 57.1 Å². The molecule has 0 spiro atoms. The molecule has 33 heavy (non-hydrogen) atoms. The number of rotatable bonds is 7. The van der Waals surface area contributed by atoms with Crippen molar-refractivity contribution in [1.82, 2.24) is 10.0 Å². The van der Waals surface area contributed by atoms with E-state index in [0.29, 0.717) is 12.5 Å².